The first-order valence-electron chi connectivity index (χ1n) is 11.2. The second kappa shape index (κ2) is 12.2. The molecule has 0 rings (SSSR count). The van der Waals surface area contributed by atoms with Crippen molar-refractivity contribution in [2.45, 2.75) is 97.5 Å². The Hall–Kier alpha value is 0.354. The Kier molecular flexibility index (Phi) is 12.3. The minimum atomic E-state index is -2.38. The lowest BCUT2D eigenvalue weighted by Gasteiger charge is -2.42. The molecule has 0 aromatic heterocycles. The van der Waals surface area contributed by atoms with Gasteiger partial charge in [-0.3, -0.25) is 0 Å². The maximum absolute atomic E-state index is 10.3. The molecular weight excluding hydrogens is 479 g/mol. The summed E-state index contributed by atoms with van der Waals surface area (Å²) >= 11 is 0. The molecule has 0 spiro atoms. The summed E-state index contributed by atoms with van der Waals surface area (Å²) in [6.45, 7) is 28.9. The molecule has 0 aliphatic heterocycles. The highest BCUT2D eigenvalue weighted by atomic mass is 28.5. The van der Waals surface area contributed by atoms with Gasteiger partial charge in [0.05, 0.1) is 0 Å². The van der Waals surface area contributed by atoms with Crippen molar-refractivity contribution < 1.29 is 26.0 Å². The lowest BCUT2D eigenvalue weighted by Crippen LogP contribution is -2.58. The standard InChI is InChI=1S/C19H48NO6Si5/c1-19(22-18-21)17-20(2)15-14-16-28(6,7)24-30(10,11)26-31(12,13)25-29(8,9)23-27(3,4)5/h19H,14-17H2,1-13H3. The molecule has 0 aliphatic carbocycles. The average Bonchev–Trinajstić information content (AvgIpc) is 2.39. The zero-order chi connectivity index (χ0) is 24.7. The molecule has 185 valence electrons. The van der Waals surface area contributed by atoms with E-state index in [0.717, 1.165) is 19.0 Å². The molecule has 0 N–H and O–H groups in total. The van der Waals surface area contributed by atoms with Gasteiger partial charge in [-0.2, -0.15) is 0 Å². The number of carbonyl (C=O) groups excluding carboxylic acids is 1. The summed E-state index contributed by atoms with van der Waals surface area (Å²) in [5, 5.41) is 0. The molecule has 0 aromatic carbocycles. The van der Waals surface area contributed by atoms with E-state index >= 15 is 0 Å². The van der Waals surface area contributed by atoms with E-state index in [0.29, 0.717) is 6.54 Å². The summed E-state index contributed by atoms with van der Waals surface area (Å²) in [4.78, 5) is 12.5. The molecule has 0 aromatic rings. The van der Waals surface area contributed by atoms with Crippen molar-refractivity contribution in [2.75, 3.05) is 20.1 Å². The third-order valence-corrected chi connectivity index (χ3v) is 22.2. The van der Waals surface area contributed by atoms with Crippen molar-refractivity contribution in [3.8, 4) is 0 Å². The van der Waals surface area contributed by atoms with Crippen LogP contribution < -0.4 is 0 Å². The van der Waals surface area contributed by atoms with Gasteiger partial charge in [-0.25, -0.2) is 4.79 Å². The summed E-state index contributed by atoms with van der Waals surface area (Å²) in [5.74, 6) is 0. The van der Waals surface area contributed by atoms with Crippen LogP contribution in [0.5, 0.6) is 0 Å². The fourth-order valence-electron chi connectivity index (χ4n) is 4.12. The molecule has 0 fully saturated rings. The minimum absolute atomic E-state index is 0.145. The van der Waals surface area contributed by atoms with Gasteiger partial charge in [0.1, 0.15) is 6.10 Å². The molecule has 0 saturated carbocycles. The summed E-state index contributed by atoms with van der Waals surface area (Å²) in [6.07, 6.45) is 0.896. The second-order valence-corrected chi connectivity index (χ2v) is 31.3. The second-order valence-electron chi connectivity index (χ2n) is 11.4. The minimum Gasteiger partial charge on any atom is -0.453 e. The van der Waals surface area contributed by atoms with Crippen molar-refractivity contribution in [3.63, 3.8) is 0 Å². The number of hydrogen-bond donors (Lipinski definition) is 0. The van der Waals surface area contributed by atoms with Crippen LogP contribution in [0.15, 0.2) is 0 Å². The quantitative estimate of drug-likeness (QED) is 0.262. The number of nitrogens with zero attached hydrogens (tertiary/aromatic N) is 1. The van der Waals surface area contributed by atoms with Crippen molar-refractivity contribution in [1.82, 2.24) is 4.90 Å². The molecule has 1 radical (unpaired) electrons. The Balaban J connectivity index is 4.74. The van der Waals surface area contributed by atoms with Crippen LogP contribution in [0, 0.1) is 0 Å². The lowest BCUT2D eigenvalue weighted by molar-refractivity contribution is 0.145. The van der Waals surface area contributed by atoms with Gasteiger partial charge in [0.25, 0.3) is 0 Å². The van der Waals surface area contributed by atoms with Crippen LogP contribution in [0.4, 0.5) is 0 Å². The molecular formula is C19H48NO6Si5. The van der Waals surface area contributed by atoms with E-state index in [9.17, 15) is 4.79 Å². The molecule has 0 amide bonds. The summed E-state index contributed by atoms with van der Waals surface area (Å²) in [7, 11) is -8.49. The monoisotopic (exact) mass is 526 g/mol. The Bertz CT molecular complexity index is 554. The van der Waals surface area contributed by atoms with Crippen LogP contribution in [-0.4, -0.2) is 79.9 Å². The number of ether oxygens (including phenoxy) is 1. The molecule has 31 heavy (non-hydrogen) atoms. The van der Waals surface area contributed by atoms with Crippen molar-refractivity contribution in [2.24, 2.45) is 0 Å². The highest BCUT2D eigenvalue weighted by Gasteiger charge is 2.45. The van der Waals surface area contributed by atoms with Gasteiger partial charge in [-0.15, -0.1) is 0 Å². The van der Waals surface area contributed by atoms with Gasteiger partial charge < -0.3 is 26.1 Å². The average molecular weight is 527 g/mol. The molecule has 1 atom stereocenters. The van der Waals surface area contributed by atoms with E-state index in [1.54, 1.807) is 0 Å². The summed E-state index contributed by atoms with van der Waals surface area (Å²) in [5.41, 5.74) is 0. The maximum Gasteiger partial charge on any atom is 0.417 e. The molecule has 0 bridgehead atoms. The number of hydrogen-bond acceptors (Lipinski definition) is 7. The fraction of sp³-hybridized carbons (Fsp3) is 0.947. The van der Waals surface area contributed by atoms with Gasteiger partial charge in [0.2, 0.25) is 0 Å². The molecule has 0 heterocycles. The van der Waals surface area contributed by atoms with Crippen molar-refractivity contribution in [3.05, 3.63) is 0 Å². The SMILES string of the molecule is CC(CN(C)CCC[Si](C)(C)O[Si](C)(C)O[Si](C)(C)O[Si](C)(C)O[Si](C)(C)C)O[C]=O. The first-order chi connectivity index (χ1) is 13.7. The van der Waals surface area contributed by atoms with Crippen LogP contribution in [0.3, 0.4) is 0 Å². The van der Waals surface area contributed by atoms with Gasteiger partial charge in [0, 0.05) is 6.54 Å². The van der Waals surface area contributed by atoms with Crippen molar-refractivity contribution in [1.29, 1.82) is 0 Å². The van der Waals surface area contributed by atoms with Gasteiger partial charge in [-0.1, -0.05) is 0 Å². The Morgan fingerprint density at radius 1 is 0.774 bits per heavy atom. The Morgan fingerprint density at radius 2 is 1.23 bits per heavy atom. The molecule has 1 unspecified atom stereocenters. The van der Waals surface area contributed by atoms with Gasteiger partial charge >= 0.3 is 32.2 Å². The van der Waals surface area contributed by atoms with Gasteiger partial charge in [0.15, 0.2) is 16.6 Å². The summed E-state index contributed by atoms with van der Waals surface area (Å²) < 4.78 is 31.0. The number of rotatable bonds is 16. The Labute approximate surface area is 197 Å². The molecule has 12 heteroatoms. The smallest absolute Gasteiger partial charge is 0.417 e. The van der Waals surface area contributed by atoms with Crippen LogP contribution >= 0.6 is 0 Å². The zero-order valence-corrected chi connectivity index (χ0v) is 27.3. The van der Waals surface area contributed by atoms with Crippen LogP contribution in [0.1, 0.15) is 13.3 Å². The molecule has 0 aliphatic rings. The first kappa shape index (κ1) is 31.4. The number of likely N-dealkylation sites (N-methyl/N-ethyl adjacent to an activating group) is 1. The van der Waals surface area contributed by atoms with E-state index in [1.807, 2.05) is 14.0 Å². The summed E-state index contributed by atoms with van der Waals surface area (Å²) in [6, 6.07) is 1.05. The largest absolute Gasteiger partial charge is 0.453 e. The first-order valence-corrected chi connectivity index (χ1v) is 26.2. The third kappa shape index (κ3) is 16.6. The van der Waals surface area contributed by atoms with Crippen LogP contribution in [-0.2, 0) is 26.0 Å². The molecule has 7 nitrogen and oxygen atoms in total. The van der Waals surface area contributed by atoms with E-state index in [1.165, 1.54) is 6.47 Å². The van der Waals surface area contributed by atoms with E-state index < -0.39 is 42.3 Å². The van der Waals surface area contributed by atoms with Crippen molar-refractivity contribution >= 4 is 48.8 Å². The van der Waals surface area contributed by atoms with Crippen LogP contribution in [0.25, 0.3) is 0 Å². The van der Waals surface area contributed by atoms with E-state index in [2.05, 4.69) is 76.9 Å². The normalized spacial score (nSPS) is 15.3. The van der Waals surface area contributed by atoms with E-state index in [-0.39, 0.29) is 6.10 Å². The topological polar surface area (TPSA) is 66.5 Å². The zero-order valence-electron chi connectivity index (χ0n) is 22.3. The highest BCUT2D eigenvalue weighted by molar-refractivity contribution is 6.90. The van der Waals surface area contributed by atoms with E-state index in [4.69, 9.17) is 21.2 Å². The van der Waals surface area contributed by atoms with Gasteiger partial charge in [-0.05, 0) is 105 Å². The molecule has 0 saturated heterocycles. The fourth-order valence-corrected chi connectivity index (χ4v) is 27.9. The maximum atomic E-state index is 10.3. The predicted molar refractivity (Wildman–Crippen MR) is 141 cm³/mol. The third-order valence-electron chi connectivity index (χ3n) is 4.19. The van der Waals surface area contributed by atoms with Crippen LogP contribution in [0.2, 0.25) is 78.1 Å². The lowest BCUT2D eigenvalue weighted by atomic mass is 10.3. The predicted octanol–water partition coefficient (Wildman–Crippen LogP) is 4.99. The highest BCUT2D eigenvalue weighted by Crippen LogP contribution is 2.27. The Morgan fingerprint density at radius 3 is 1.68 bits per heavy atom.